The van der Waals surface area contributed by atoms with E-state index in [1.165, 1.54) is 11.8 Å². The van der Waals surface area contributed by atoms with Gasteiger partial charge in [-0.15, -0.1) is 0 Å². The number of nitrogens with zero attached hydrogens (tertiary/aromatic N) is 2. The maximum Gasteiger partial charge on any atom is 0.280 e. The standard InChI is InChI=1S/C22H16BrN3O3/c1-29-19-9-5-3-7-17(19)21(27)25-26-20(14-10-12-15(23)13-11-14)24-18-8-4-2-6-16(18)22(26)28/h2-13H,1H3,(H,25,27). The number of ether oxygens (including phenoxy) is 1. The highest BCUT2D eigenvalue weighted by molar-refractivity contribution is 9.10. The van der Waals surface area contributed by atoms with Crippen LogP contribution in [0.15, 0.2) is 82.1 Å². The van der Waals surface area contributed by atoms with E-state index in [0.29, 0.717) is 33.6 Å². The molecule has 0 radical (unpaired) electrons. The first-order chi connectivity index (χ1) is 14.1. The quantitative estimate of drug-likeness (QED) is 0.506. The molecule has 0 aliphatic rings. The second-order valence-corrected chi connectivity index (χ2v) is 7.16. The molecule has 0 aliphatic carbocycles. The zero-order chi connectivity index (χ0) is 20.4. The summed E-state index contributed by atoms with van der Waals surface area (Å²) >= 11 is 3.40. The molecule has 0 saturated heterocycles. The van der Waals surface area contributed by atoms with Crippen LogP contribution in [-0.2, 0) is 0 Å². The molecule has 4 aromatic rings. The number of halogens is 1. The number of para-hydroxylation sites is 2. The van der Waals surface area contributed by atoms with E-state index in [9.17, 15) is 9.59 Å². The van der Waals surface area contributed by atoms with Gasteiger partial charge in [0.15, 0.2) is 5.82 Å². The van der Waals surface area contributed by atoms with Crippen LogP contribution in [0.3, 0.4) is 0 Å². The molecule has 0 spiro atoms. The van der Waals surface area contributed by atoms with Crippen LogP contribution >= 0.6 is 15.9 Å². The molecule has 0 bridgehead atoms. The first-order valence-corrected chi connectivity index (χ1v) is 9.60. The Hall–Kier alpha value is -3.45. The Morgan fingerprint density at radius 1 is 1.00 bits per heavy atom. The largest absolute Gasteiger partial charge is 0.496 e. The topological polar surface area (TPSA) is 73.2 Å². The highest BCUT2D eigenvalue weighted by Gasteiger charge is 2.17. The minimum absolute atomic E-state index is 0.316. The van der Waals surface area contributed by atoms with Gasteiger partial charge in [-0.25, -0.2) is 4.98 Å². The highest BCUT2D eigenvalue weighted by Crippen LogP contribution is 2.22. The fourth-order valence-corrected chi connectivity index (χ4v) is 3.29. The van der Waals surface area contributed by atoms with Crippen molar-refractivity contribution in [3.63, 3.8) is 0 Å². The molecule has 0 fully saturated rings. The molecule has 0 unspecified atom stereocenters. The second kappa shape index (κ2) is 7.89. The summed E-state index contributed by atoms with van der Waals surface area (Å²) in [5, 5.41) is 0.411. The molecule has 0 saturated carbocycles. The van der Waals surface area contributed by atoms with Gasteiger partial charge >= 0.3 is 0 Å². The van der Waals surface area contributed by atoms with E-state index in [0.717, 1.165) is 4.47 Å². The van der Waals surface area contributed by atoms with E-state index in [-0.39, 0.29) is 5.56 Å². The summed E-state index contributed by atoms with van der Waals surface area (Å²) in [6.07, 6.45) is 0. The van der Waals surface area contributed by atoms with E-state index < -0.39 is 5.91 Å². The lowest BCUT2D eigenvalue weighted by Gasteiger charge is -2.15. The van der Waals surface area contributed by atoms with E-state index in [2.05, 4.69) is 26.3 Å². The first-order valence-electron chi connectivity index (χ1n) is 8.80. The number of hydrogen-bond acceptors (Lipinski definition) is 4. The van der Waals surface area contributed by atoms with Crippen LogP contribution in [0, 0.1) is 0 Å². The van der Waals surface area contributed by atoms with Gasteiger partial charge in [-0.05, 0) is 36.4 Å². The van der Waals surface area contributed by atoms with Crippen LogP contribution in [0.25, 0.3) is 22.3 Å². The summed E-state index contributed by atoms with van der Waals surface area (Å²) in [6.45, 7) is 0. The predicted octanol–water partition coefficient (Wildman–Crippen LogP) is 4.22. The number of carbonyl (C=O) groups excluding carboxylic acids is 1. The molecular formula is C22H16BrN3O3. The zero-order valence-corrected chi connectivity index (χ0v) is 17.0. The van der Waals surface area contributed by atoms with E-state index >= 15 is 0 Å². The van der Waals surface area contributed by atoms with Crippen molar-refractivity contribution >= 4 is 32.7 Å². The third kappa shape index (κ3) is 3.64. The molecule has 1 N–H and O–H groups in total. The minimum atomic E-state index is -0.472. The number of fused-ring (bicyclic) bond motifs is 1. The fourth-order valence-electron chi connectivity index (χ4n) is 3.02. The summed E-state index contributed by atoms with van der Waals surface area (Å²) < 4.78 is 7.34. The van der Waals surface area contributed by atoms with Gasteiger partial charge in [-0.2, -0.15) is 4.68 Å². The molecule has 1 aromatic heterocycles. The van der Waals surface area contributed by atoms with Crippen molar-refractivity contribution in [3.05, 3.63) is 93.2 Å². The van der Waals surface area contributed by atoms with Gasteiger partial charge in [0, 0.05) is 10.0 Å². The Bertz CT molecular complexity index is 1270. The average Bonchev–Trinajstić information content (AvgIpc) is 2.76. The van der Waals surface area contributed by atoms with Gasteiger partial charge < -0.3 is 4.74 Å². The van der Waals surface area contributed by atoms with Crippen molar-refractivity contribution in [1.29, 1.82) is 0 Å². The lowest BCUT2D eigenvalue weighted by molar-refractivity contribution is 0.100. The summed E-state index contributed by atoms with van der Waals surface area (Å²) in [4.78, 5) is 30.7. The molecule has 4 rings (SSSR count). The SMILES string of the molecule is COc1ccccc1C(=O)Nn1c(-c2ccc(Br)cc2)nc2ccccc2c1=O. The minimum Gasteiger partial charge on any atom is -0.496 e. The average molecular weight is 450 g/mol. The normalized spacial score (nSPS) is 10.7. The van der Waals surface area contributed by atoms with Crippen LogP contribution in [0.1, 0.15) is 10.4 Å². The van der Waals surface area contributed by atoms with Crippen molar-refractivity contribution in [1.82, 2.24) is 9.66 Å². The Morgan fingerprint density at radius 2 is 1.69 bits per heavy atom. The molecule has 6 nitrogen and oxygen atoms in total. The number of hydrogen-bond donors (Lipinski definition) is 1. The second-order valence-electron chi connectivity index (χ2n) is 6.24. The van der Waals surface area contributed by atoms with Crippen molar-refractivity contribution in [2.45, 2.75) is 0 Å². The zero-order valence-electron chi connectivity index (χ0n) is 15.4. The van der Waals surface area contributed by atoms with Crippen molar-refractivity contribution < 1.29 is 9.53 Å². The van der Waals surface area contributed by atoms with E-state index in [1.807, 2.05) is 30.3 Å². The van der Waals surface area contributed by atoms with E-state index in [4.69, 9.17) is 4.74 Å². The van der Waals surface area contributed by atoms with Crippen LogP contribution < -0.4 is 15.7 Å². The van der Waals surface area contributed by atoms with Crippen LogP contribution in [0.4, 0.5) is 0 Å². The highest BCUT2D eigenvalue weighted by atomic mass is 79.9. The summed E-state index contributed by atoms with van der Waals surface area (Å²) in [5.41, 5.74) is 3.88. The van der Waals surface area contributed by atoms with Crippen LogP contribution in [0.5, 0.6) is 5.75 Å². The Labute approximate surface area is 174 Å². The monoisotopic (exact) mass is 449 g/mol. The van der Waals surface area contributed by atoms with Crippen LogP contribution in [0.2, 0.25) is 0 Å². The molecule has 29 heavy (non-hydrogen) atoms. The third-order valence-corrected chi connectivity index (χ3v) is 4.97. The number of benzene rings is 3. The van der Waals surface area contributed by atoms with E-state index in [1.54, 1.807) is 42.5 Å². The Kier molecular flexibility index (Phi) is 5.14. The maximum absolute atomic E-state index is 13.2. The molecule has 144 valence electrons. The van der Waals surface area contributed by atoms with Crippen molar-refractivity contribution in [2.75, 3.05) is 12.5 Å². The first kappa shape index (κ1) is 18.9. The van der Waals surface area contributed by atoms with Gasteiger partial charge in [0.05, 0.1) is 23.6 Å². The van der Waals surface area contributed by atoms with Gasteiger partial charge in [0.1, 0.15) is 5.75 Å². The number of methoxy groups -OCH3 is 1. The number of nitrogens with one attached hydrogen (secondary N) is 1. The number of rotatable bonds is 4. The number of amides is 1. The molecule has 7 heteroatoms. The molecule has 0 aliphatic heterocycles. The molecular weight excluding hydrogens is 434 g/mol. The maximum atomic E-state index is 13.2. The summed E-state index contributed by atoms with van der Waals surface area (Å²) in [7, 11) is 1.49. The van der Waals surface area contributed by atoms with Crippen LogP contribution in [-0.4, -0.2) is 22.7 Å². The van der Waals surface area contributed by atoms with Gasteiger partial charge in [0.2, 0.25) is 0 Å². The smallest absolute Gasteiger partial charge is 0.280 e. The van der Waals surface area contributed by atoms with Crippen molar-refractivity contribution in [2.24, 2.45) is 0 Å². The lowest BCUT2D eigenvalue weighted by atomic mass is 10.2. The number of carbonyl (C=O) groups is 1. The lowest BCUT2D eigenvalue weighted by Crippen LogP contribution is -2.35. The Balaban J connectivity index is 1.89. The third-order valence-electron chi connectivity index (χ3n) is 4.44. The summed E-state index contributed by atoms with van der Waals surface area (Å²) in [6, 6.07) is 21.2. The number of aromatic nitrogens is 2. The molecule has 3 aromatic carbocycles. The predicted molar refractivity (Wildman–Crippen MR) is 116 cm³/mol. The fraction of sp³-hybridized carbons (Fsp3) is 0.0455. The van der Waals surface area contributed by atoms with Gasteiger partial charge in [-0.1, -0.05) is 52.3 Å². The molecule has 1 heterocycles. The molecule has 0 atom stereocenters. The summed E-state index contributed by atoms with van der Waals surface area (Å²) in [5.74, 6) is 0.279. The van der Waals surface area contributed by atoms with Gasteiger partial charge in [-0.3, -0.25) is 15.0 Å². The Morgan fingerprint density at radius 3 is 2.45 bits per heavy atom. The van der Waals surface area contributed by atoms with Crippen molar-refractivity contribution in [3.8, 4) is 17.1 Å². The van der Waals surface area contributed by atoms with Gasteiger partial charge in [0.25, 0.3) is 11.5 Å². The molecule has 1 amide bonds.